The number of hydrazone groups is 1. The number of halogens is 2. The van der Waals surface area contributed by atoms with E-state index in [0.29, 0.717) is 11.3 Å². The van der Waals surface area contributed by atoms with Crippen LogP contribution in [-0.4, -0.2) is 23.7 Å². The topological polar surface area (TPSA) is 32.7 Å². The molecule has 1 unspecified atom stereocenters. The number of likely N-dealkylation sites (N-methyl/N-ethyl adjacent to an activating group) is 1. The summed E-state index contributed by atoms with van der Waals surface area (Å²) in [5.74, 6) is -0.581. The molecular weight excluding hydrogens is 275 g/mol. The normalized spacial score (nSPS) is 24.9. The Balaban J connectivity index is 2.55. The molecule has 0 saturated carbocycles. The Morgan fingerprint density at radius 1 is 1.50 bits per heavy atom. The fourth-order valence-electron chi connectivity index (χ4n) is 1.75. The highest BCUT2D eigenvalue weighted by Crippen LogP contribution is 2.39. The SMILES string of the molecule is CC1=NN(C)C(=O)C1(Br)c1cccc(F)c1. The summed E-state index contributed by atoms with van der Waals surface area (Å²) in [6.45, 7) is 1.74. The number of alkyl halides is 1. The van der Waals surface area contributed by atoms with E-state index in [4.69, 9.17) is 0 Å². The van der Waals surface area contributed by atoms with Gasteiger partial charge in [0.1, 0.15) is 5.82 Å². The third kappa shape index (κ3) is 1.46. The lowest BCUT2D eigenvalue weighted by atomic mass is 9.94. The van der Waals surface area contributed by atoms with Crippen LogP contribution in [0.15, 0.2) is 29.4 Å². The smallest absolute Gasteiger partial charge is 0.269 e. The Labute approximate surface area is 101 Å². The summed E-state index contributed by atoms with van der Waals surface area (Å²) < 4.78 is 12.1. The van der Waals surface area contributed by atoms with Gasteiger partial charge in [0.05, 0.1) is 5.71 Å². The third-order valence-electron chi connectivity index (χ3n) is 2.61. The second-order valence-electron chi connectivity index (χ2n) is 3.68. The van der Waals surface area contributed by atoms with Crippen LogP contribution in [0.2, 0.25) is 0 Å². The van der Waals surface area contributed by atoms with E-state index in [2.05, 4.69) is 21.0 Å². The van der Waals surface area contributed by atoms with Gasteiger partial charge in [-0.05, 0) is 24.6 Å². The van der Waals surface area contributed by atoms with Gasteiger partial charge in [-0.25, -0.2) is 9.40 Å². The highest BCUT2D eigenvalue weighted by molar-refractivity contribution is 9.10. The number of carbonyl (C=O) groups is 1. The number of hydrogen-bond acceptors (Lipinski definition) is 2. The van der Waals surface area contributed by atoms with Crippen LogP contribution in [0.1, 0.15) is 12.5 Å². The van der Waals surface area contributed by atoms with Crippen molar-refractivity contribution in [2.45, 2.75) is 11.2 Å². The summed E-state index contributed by atoms with van der Waals surface area (Å²) in [7, 11) is 1.58. The van der Waals surface area contributed by atoms with E-state index in [1.807, 2.05) is 0 Å². The predicted octanol–water partition coefficient (Wildman–Crippen LogP) is 2.26. The molecule has 1 aromatic carbocycles. The van der Waals surface area contributed by atoms with Gasteiger partial charge in [0.25, 0.3) is 5.91 Å². The van der Waals surface area contributed by atoms with Crippen LogP contribution in [0.25, 0.3) is 0 Å². The molecule has 3 nitrogen and oxygen atoms in total. The summed E-state index contributed by atoms with van der Waals surface area (Å²) in [5.41, 5.74) is 1.16. The second-order valence-corrected chi connectivity index (χ2v) is 4.87. The van der Waals surface area contributed by atoms with Crippen LogP contribution in [0.5, 0.6) is 0 Å². The second kappa shape index (κ2) is 3.66. The molecule has 2 rings (SSSR count). The molecule has 5 heteroatoms. The first kappa shape index (κ1) is 11.3. The molecule has 1 aromatic rings. The monoisotopic (exact) mass is 284 g/mol. The van der Waals surface area contributed by atoms with Crippen molar-refractivity contribution >= 4 is 27.5 Å². The van der Waals surface area contributed by atoms with Crippen LogP contribution in [0, 0.1) is 5.82 Å². The molecule has 0 bridgehead atoms. The van der Waals surface area contributed by atoms with Gasteiger partial charge in [-0.1, -0.05) is 28.1 Å². The van der Waals surface area contributed by atoms with Crippen molar-refractivity contribution in [2.24, 2.45) is 5.10 Å². The minimum absolute atomic E-state index is 0.212. The average Bonchev–Trinajstić information content (AvgIpc) is 2.44. The first-order valence-electron chi connectivity index (χ1n) is 4.75. The lowest BCUT2D eigenvalue weighted by Crippen LogP contribution is -2.36. The molecule has 0 aromatic heterocycles. The third-order valence-corrected chi connectivity index (χ3v) is 3.98. The molecule has 0 saturated heterocycles. The summed E-state index contributed by atoms with van der Waals surface area (Å²) in [5, 5.41) is 5.32. The first-order chi connectivity index (χ1) is 7.46. The zero-order valence-electron chi connectivity index (χ0n) is 8.87. The van der Waals surface area contributed by atoms with Gasteiger partial charge in [0, 0.05) is 7.05 Å². The zero-order valence-corrected chi connectivity index (χ0v) is 10.5. The number of hydrogen-bond donors (Lipinski definition) is 0. The molecule has 84 valence electrons. The highest BCUT2D eigenvalue weighted by atomic mass is 79.9. The van der Waals surface area contributed by atoms with Crippen LogP contribution in [-0.2, 0) is 9.12 Å². The molecule has 1 aliphatic rings. The Hall–Kier alpha value is -1.23. The number of nitrogens with zero attached hydrogens (tertiary/aromatic N) is 2. The van der Waals surface area contributed by atoms with Crippen LogP contribution >= 0.6 is 15.9 Å². The van der Waals surface area contributed by atoms with Gasteiger partial charge in [-0.3, -0.25) is 4.79 Å². The largest absolute Gasteiger partial charge is 0.270 e. The molecule has 1 amide bonds. The molecule has 0 fully saturated rings. The van der Waals surface area contributed by atoms with E-state index in [0.717, 1.165) is 0 Å². The number of amides is 1. The van der Waals surface area contributed by atoms with Crippen molar-refractivity contribution in [2.75, 3.05) is 7.05 Å². The van der Waals surface area contributed by atoms with Crippen molar-refractivity contribution in [3.8, 4) is 0 Å². The van der Waals surface area contributed by atoms with Crippen molar-refractivity contribution in [3.63, 3.8) is 0 Å². The van der Waals surface area contributed by atoms with E-state index in [1.54, 1.807) is 26.1 Å². The first-order valence-corrected chi connectivity index (χ1v) is 5.54. The summed E-state index contributed by atoms with van der Waals surface area (Å²) >= 11 is 3.37. The summed E-state index contributed by atoms with van der Waals surface area (Å²) in [4.78, 5) is 12.0. The van der Waals surface area contributed by atoms with Gasteiger partial charge >= 0.3 is 0 Å². The van der Waals surface area contributed by atoms with Gasteiger partial charge in [0.2, 0.25) is 0 Å². The van der Waals surface area contributed by atoms with Gasteiger partial charge in [0.15, 0.2) is 4.32 Å². The molecule has 1 atom stereocenters. The van der Waals surface area contributed by atoms with E-state index in [-0.39, 0.29) is 11.7 Å². The molecule has 1 heterocycles. The predicted molar refractivity (Wildman–Crippen MR) is 62.9 cm³/mol. The highest BCUT2D eigenvalue weighted by Gasteiger charge is 2.47. The number of rotatable bonds is 1. The van der Waals surface area contributed by atoms with Crippen molar-refractivity contribution in [1.82, 2.24) is 5.01 Å². The zero-order chi connectivity index (χ0) is 11.9. The molecule has 0 radical (unpaired) electrons. The van der Waals surface area contributed by atoms with Crippen molar-refractivity contribution in [3.05, 3.63) is 35.6 Å². The lowest BCUT2D eigenvalue weighted by Gasteiger charge is -2.20. The van der Waals surface area contributed by atoms with Gasteiger partial charge in [-0.15, -0.1) is 0 Å². The van der Waals surface area contributed by atoms with E-state index >= 15 is 0 Å². The summed E-state index contributed by atoms with van der Waals surface area (Å²) in [6.07, 6.45) is 0. The maximum absolute atomic E-state index is 13.2. The molecule has 16 heavy (non-hydrogen) atoms. The minimum Gasteiger partial charge on any atom is -0.270 e. The van der Waals surface area contributed by atoms with Crippen molar-refractivity contribution < 1.29 is 9.18 Å². The fourth-order valence-corrected chi connectivity index (χ4v) is 2.33. The lowest BCUT2D eigenvalue weighted by molar-refractivity contribution is -0.129. The van der Waals surface area contributed by atoms with Crippen LogP contribution < -0.4 is 0 Å². The van der Waals surface area contributed by atoms with E-state index in [1.165, 1.54) is 17.1 Å². The average molecular weight is 285 g/mol. The quantitative estimate of drug-likeness (QED) is 0.728. The Kier molecular flexibility index (Phi) is 2.58. The fraction of sp³-hybridized carbons (Fsp3) is 0.273. The van der Waals surface area contributed by atoms with Crippen LogP contribution in [0.4, 0.5) is 4.39 Å². The minimum atomic E-state index is -1.02. The standard InChI is InChI=1S/C11H10BrFN2O/c1-7-11(12,10(16)15(2)14-7)8-4-3-5-9(13)6-8/h3-6H,1-2H3. The Morgan fingerprint density at radius 3 is 2.69 bits per heavy atom. The Bertz CT molecular complexity index is 489. The van der Waals surface area contributed by atoms with Gasteiger partial charge < -0.3 is 0 Å². The maximum Gasteiger partial charge on any atom is 0.269 e. The van der Waals surface area contributed by atoms with E-state index in [9.17, 15) is 9.18 Å². The maximum atomic E-state index is 13.2. The molecule has 0 aliphatic carbocycles. The molecule has 0 N–H and O–H groups in total. The molecule has 0 spiro atoms. The molecular formula is C11H10BrFN2O. The van der Waals surface area contributed by atoms with Crippen molar-refractivity contribution in [1.29, 1.82) is 0 Å². The number of benzene rings is 1. The summed E-state index contributed by atoms with van der Waals surface area (Å²) in [6, 6.07) is 5.96. The van der Waals surface area contributed by atoms with E-state index < -0.39 is 4.32 Å². The number of carbonyl (C=O) groups excluding carboxylic acids is 1. The van der Waals surface area contributed by atoms with Crippen LogP contribution in [0.3, 0.4) is 0 Å². The molecule has 1 aliphatic heterocycles. The van der Waals surface area contributed by atoms with Gasteiger partial charge in [-0.2, -0.15) is 5.10 Å². The Morgan fingerprint density at radius 2 is 2.19 bits per heavy atom.